The normalized spacial score (nSPS) is 23.8. The molecule has 2 aliphatic rings. The van der Waals surface area contributed by atoms with Crippen LogP contribution in [0.15, 0.2) is 11.6 Å². The zero-order chi connectivity index (χ0) is 14.8. The third-order valence-corrected chi connectivity index (χ3v) is 4.24. The van der Waals surface area contributed by atoms with Gasteiger partial charge in [-0.05, 0) is 20.3 Å². The minimum atomic E-state index is -4.15. The Morgan fingerprint density at radius 2 is 1.80 bits per heavy atom. The van der Waals surface area contributed by atoms with E-state index in [0.717, 1.165) is 32.7 Å². The molecular weight excluding hydrogens is 267 g/mol. The minimum absolute atomic E-state index is 0.00563. The van der Waals surface area contributed by atoms with Gasteiger partial charge in [-0.1, -0.05) is 6.08 Å². The van der Waals surface area contributed by atoms with Gasteiger partial charge >= 0.3 is 6.18 Å². The van der Waals surface area contributed by atoms with E-state index in [0.29, 0.717) is 13.1 Å². The Balaban J connectivity index is 1.89. The first kappa shape index (κ1) is 15.8. The lowest BCUT2D eigenvalue weighted by molar-refractivity contribution is -0.0963. The minimum Gasteiger partial charge on any atom is -0.314 e. The first-order valence-electron chi connectivity index (χ1n) is 7.23. The van der Waals surface area contributed by atoms with Crippen LogP contribution in [0.1, 0.15) is 20.3 Å². The molecule has 6 heteroatoms. The van der Waals surface area contributed by atoms with Crippen LogP contribution in [0.5, 0.6) is 0 Å². The summed E-state index contributed by atoms with van der Waals surface area (Å²) in [5.74, 6) is 0. The van der Waals surface area contributed by atoms with Crippen molar-refractivity contribution in [3.63, 3.8) is 0 Å². The third-order valence-electron chi connectivity index (χ3n) is 4.24. The van der Waals surface area contributed by atoms with E-state index in [-0.39, 0.29) is 17.5 Å². The summed E-state index contributed by atoms with van der Waals surface area (Å²) in [5.41, 5.74) is -0.361. The fourth-order valence-electron chi connectivity index (χ4n) is 3.03. The van der Waals surface area contributed by atoms with Gasteiger partial charge in [0.25, 0.3) is 0 Å². The van der Waals surface area contributed by atoms with Gasteiger partial charge in [-0.3, -0.25) is 9.80 Å². The van der Waals surface area contributed by atoms with Crippen molar-refractivity contribution in [3.8, 4) is 0 Å². The number of halogens is 3. The van der Waals surface area contributed by atoms with Crippen molar-refractivity contribution in [1.82, 2.24) is 15.1 Å². The van der Waals surface area contributed by atoms with Crippen molar-refractivity contribution in [3.05, 3.63) is 11.6 Å². The van der Waals surface area contributed by atoms with Crippen LogP contribution in [0, 0.1) is 0 Å². The van der Waals surface area contributed by atoms with E-state index < -0.39 is 6.18 Å². The summed E-state index contributed by atoms with van der Waals surface area (Å²) in [7, 11) is 0. The second-order valence-corrected chi connectivity index (χ2v) is 6.26. The molecule has 0 aromatic rings. The number of nitrogens with zero attached hydrogens (tertiary/aromatic N) is 2. The molecule has 0 aromatic carbocycles. The van der Waals surface area contributed by atoms with Gasteiger partial charge in [0.15, 0.2) is 0 Å². The first-order valence-corrected chi connectivity index (χ1v) is 7.23. The molecular formula is C14H24F3N3. The van der Waals surface area contributed by atoms with Crippen LogP contribution in [0.4, 0.5) is 13.2 Å². The highest BCUT2D eigenvalue weighted by Crippen LogP contribution is 2.30. The summed E-state index contributed by atoms with van der Waals surface area (Å²) < 4.78 is 37.8. The summed E-state index contributed by atoms with van der Waals surface area (Å²) in [4.78, 5) is 4.55. The molecule has 0 atom stereocenters. The molecule has 0 bridgehead atoms. The predicted octanol–water partition coefficient (Wildman–Crippen LogP) is 1.86. The smallest absolute Gasteiger partial charge is 0.314 e. The molecule has 0 aromatic heterocycles. The van der Waals surface area contributed by atoms with Crippen molar-refractivity contribution >= 4 is 0 Å². The van der Waals surface area contributed by atoms with Crippen LogP contribution >= 0.6 is 0 Å². The number of piperazine rings is 1. The van der Waals surface area contributed by atoms with Gasteiger partial charge < -0.3 is 5.32 Å². The van der Waals surface area contributed by atoms with Crippen molar-refractivity contribution in [2.24, 2.45) is 0 Å². The first-order chi connectivity index (χ1) is 9.29. The summed E-state index contributed by atoms with van der Waals surface area (Å²) in [6.07, 6.45) is -2.70. The third kappa shape index (κ3) is 3.96. The fourth-order valence-corrected chi connectivity index (χ4v) is 3.03. The average molecular weight is 291 g/mol. The average Bonchev–Trinajstić information content (AvgIpc) is 2.39. The monoisotopic (exact) mass is 291 g/mol. The van der Waals surface area contributed by atoms with Gasteiger partial charge in [-0.25, -0.2) is 0 Å². The van der Waals surface area contributed by atoms with Crippen molar-refractivity contribution in [1.29, 1.82) is 0 Å². The second-order valence-electron chi connectivity index (χ2n) is 6.26. The van der Waals surface area contributed by atoms with Crippen LogP contribution in [0.2, 0.25) is 0 Å². The molecule has 0 spiro atoms. The fraction of sp³-hybridized carbons (Fsp3) is 0.857. The van der Waals surface area contributed by atoms with E-state index in [4.69, 9.17) is 0 Å². The molecule has 1 fully saturated rings. The van der Waals surface area contributed by atoms with Crippen LogP contribution in [-0.4, -0.2) is 67.3 Å². The van der Waals surface area contributed by atoms with Crippen LogP contribution in [0.3, 0.4) is 0 Å². The maximum atomic E-state index is 12.6. The topological polar surface area (TPSA) is 18.5 Å². The predicted molar refractivity (Wildman–Crippen MR) is 73.7 cm³/mol. The number of nitrogens with one attached hydrogen (secondary N) is 1. The zero-order valence-corrected chi connectivity index (χ0v) is 12.3. The zero-order valence-electron chi connectivity index (χ0n) is 12.3. The Kier molecular flexibility index (Phi) is 4.76. The molecule has 2 rings (SSSR count). The summed E-state index contributed by atoms with van der Waals surface area (Å²) in [6.45, 7) is 10.1. The Morgan fingerprint density at radius 1 is 1.15 bits per heavy atom. The Labute approximate surface area is 118 Å². The van der Waals surface area contributed by atoms with E-state index in [9.17, 15) is 13.2 Å². The second kappa shape index (κ2) is 6.03. The Hall–Kier alpha value is -0.590. The van der Waals surface area contributed by atoms with E-state index in [2.05, 4.69) is 29.0 Å². The van der Waals surface area contributed by atoms with Crippen LogP contribution in [-0.2, 0) is 0 Å². The van der Waals surface area contributed by atoms with Crippen molar-refractivity contribution in [2.75, 3.05) is 45.8 Å². The largest absolute Gasteiger partial charge is 0.412 e. The van der Waals surface area contributed by atoms with Gasteiger partial charge in [-0.15, -0.1) is 0 Å². The highest BCUT2D eigenvalue weighted by molar-refractivity contribution is 5.13. The number of alkyl halides is 3. The maximum absolute atomic E-state index is 12.6. The van der Waals surface area contributed by atoms with E-state index in [1.807, 2.05) is 0 Å². The van der Waals surface area contributed by atoms with E-state index in [1.165, 1.54) is 6.08 Å². The number of hydrogen-bond donors (Lipinski definition) is 1. The van der Waals surface area contributed by atoms with Gasteiger partial charge in [0.05, 0.1) is 0 Å². The molecule has 0 saturated carbocycles. The molecule has 1 N–H and O–H groups in total. The molecule has 2 aliphatic heterocycles. The molecule has 0 aliphatic carbocycles. The summed E-state index contributed by atoms with van der Waals surface area (Å²) >= 11 is 0. The Morgan fingerprint density at radius 3 is 2.30 bits per heavy atom. The van der Waals surface area contributed by atoms with E-state index >= 15 is 0 Å². The molecule has 0 unspecified atom stereocenters. The molecule has 116 valence electrons. The standard InChI is InChI=1S/C14H24F3N3/c1-13(2,20-9-5-18-6-10-20)11-19-7-3-12(4-8-19)14(15,16)17/h3,18H,4-11H2,1-2H3. The van der Waals surface area contributed by atoms with Gasteiger partial charge in [0.1, 0.15) is 0 Å². The Bertz CT molecular complexity index is 357. The van der Waals surface area contributed by atoms with Gasteiger partial charge in [-0.2, -0.15) is 13.2 Å². The van der Waals surface area contributed by atoms with Gasteiger partial charge in [0.2, 0.25) is 0 Å². The molecule has 2 heterocycles. The molecule has 0 amide bonds. The highest BCUT2D eigenvalue weighted by Gasteiger charge is 2.36. The van der Waals surface area contributed by atoms with E-state index in [1.54, 1.807) is 0 Å². The summed E-state index contributed by atoms with van der Waals surface area (Å²) in [6, 6.07) is 0. The van der Waals surface area contributed by atoms with Gasteiger partial charge in [0, 0.05) is 56.9 Å². The van der Waals surface area contributed by atoms with Crippen molar-refractivity contribution in [2.45, 2.75) is 32.0 Å². The SMILES string of the molecule is CC(C)(CN1CC=C(C(F)(F)F)CC1)N1CCNCC1. The molecule has 20 heavy (non-hydrogen) atoms. The van der Waals surface area contributed by atoms with Crippen LogP contribution < -0.4 is 5.32 Å². The lowest BCUT2D eigenvalue weighted by Gasteiger charge is -2.44. The number of hydrogen-bond acceptors (Lipinski definition) is 3. The van der Waals surface area contributed by atoms with Crippen molar-refractivity contribution < 1.29 is 13.2 Å². The quantitative estimate of drug-likeness (QED) is 0.801. The lowest BCUT2D eigenvalue weighted by Crippen LogP contribution is -2.58. The number of rotatable bonds is 3. The van der Waals surface area contributed by atoms with Crippen LogP contribution in [0.25, 0.3) is 0 Å². The highest BCUT2D eigenvalue weighted by atomic mass is 19.4. The lowest BCUT2D eigenvalue weighted by atomic mass is 9.99. The molecule has 1 saturated heterocycles. The summed E-state index contributed by atoms with van der Waals surface area (Å²) in [5, 5.41) is 3.32. The maximum Gasteiger partial charge on any atom is 0.412 e. The molecule has 0 radical (unpaired) electrons. The molecule has 3 nitrogen and oxygen atoms in total.